The first-order chi connectivity index (χ1) is 38.7. The van der Waals surface area contributed by atoms with Crippen LogP contribution in [-0.2, 0) is 52.7 Å². The molecule has 11 amide bonds. The normalized spacial score (nSPS) is 27.1. The second-order valence-corrected chi connectivity index (χ2v) is 25.9. The Morgan fingerprint density at radius 2 is 0.810 bits per heavy atom. The SMILES string of the molecule is C/C=C/C[C@@H](C)[C@@H](O)[C@H]1C(=O)N[C@@H](C)C(=O)N(C)CC(=O)N(C)[C@@H](CC(C)C)C(=O)NC(C(C)C)C(=O)N(C)[C@@H](CC(C)C)C(=O)N[C@@H](C)C(=O)N[C@H](C)C(=O)N(C)[C@@H](CC(C)C)C(=O)N(C)[C@@H](CC(C)C)C(=O)N(C)[C@@H](C(C)C)C(=O)N1C. The molecule has 1 aliphatic rings. The van der Waals surface area contributed by atoms with Crippen LogP contribution in [0, 0.1) is 41.4 Å². The minimum Gasteiger partial charge on any atom is -0.390 e. The van der Waals surface area contributed by atoms with Gasteiger partial charge in [-0.3, -0.25) is 52.7 Å². The van der Waals surface area contributed by atoms with Crippen LogP contribution in [0.5, 0.6) is 0 Å². The molecule has 23 heteroatoms. The summed E-state index contributed by atoms with van der Waals surface area (Å²) in [4.78, 5) is 168. The molecule has 1 unspecified atom stereocenters. The standard InChI is InChI=1S/C61H109N11O12/c1-25-26-27-39(14)51(74)50-55(78)64-41(16)56(79)66(18)32-47(73)67(19)43(28-33(2)3)54(77)65-48(37(10)11)60(83)68(20)44(29-34(4)5)53(76)62-40(15)52(75)63-42(17)57(80)69(21)45(30-35(6)7)58(81)70(22)46(31-36(8)9)59(82)71(23)49(38(12)13)61(84)72(50)24/h25-26,33-46,48-51,74H,27-32H2,1-24H3,(H,62,76)(H,63,75)(H,64,78)(H,65,77)/b26-25+/t39-,40+,41+,42-,43+,44+,45+,46+,48?,49+,50+,51-/m1/s1. The second-order valence-electron chi connectivity index (χ2n) is 25.9. The van der Waals surface area contributed by atoms with Gasteiger partial charge in [-0.15, -0.1) is 0 Å². The monoisotopic (exact) mass is 1190 g/mol. The van der Waals surface area contributed by atoms with E-state index in [9.17, 15) is 48.3 Å². The number of likely N-dealkylation sites (N-methyl/N-ethyl adjacent to an activating group) is 7. The number of hydrogen-bond acceptors (Lipinski definition) is 12. The number of nitrogens with zero attached hydrogens (tertiary/aromatic N) is 7. The van der Waals surface area contributed by atoms with Crippen LogP contribution in [0.2, 0.25) is 0 Å². The molecule has 1 heterocycles. The fraction of sp³-hybridized carbons (Fsp3) is 0.787. The van der Waals surface area contributed by atoms with Crippen LogP contribution >= 0.6 is 0 Å². The molecule has 1 fully saturated rings. The Bertz CT molecular complexity index is 2310. The third-order valence-electron chi connectivity index (χ3n) is 15.8. The van der Waals surface area contributed by atoms with Crippen LogP contribution < -0.4 is 21.3 Å². The second kappa shape index (κ2) is 34.1. The lowest BCUT2D eigenvalue weighted by molar-refractivity contribution is -0.157. The van der Waals surface area contributed by atoms with Crippen LogP contribution in [0.25, 0.3) is 0 Å². The summed E-state index contributed by atoms with van der Waals surface area (Å²) < 4.78 is 0. The van der Waals surface area contributed by atoms with Gasteiger partial charge in [-0.05, 0) is 101 Å². The number of amides is 11. The molecule has 1 saturated heterocycles. The van der Waals surface area contributed by atoms with E-state index in [4.69, 9.17) is 0 Å². The highest BCUT2D eigenvalue weighted by Gasteiger charge is 2.45. The Kier molecular flexibility index (Phi) is 30.8. The van der Waals surface area contributed by atoms with Crippen molar-refractivity contribution in [2.75, 3.05) is 55.9 Å². The molecular formula is C61H109N11O12. The summed E-state index contributed by atoms with van der Waals surface area (Å²) in [5.41, 5.74) is 0. The number of hydrogen-bond donors (Lipinski definition) is 5. The summed E-state index contributed by atoms with van der Waals surface area (Å²) in [6.07, 6.45) is 3.00. The van der Waals surface area contributed by atoms with Crippen molar-refractivity contribution in [2.24, 2.45) is 41.4 Å². The summed E-state index contributed by atoms with van der Waals surface area (Å²) >= 11 is 0. The zero-order valence-corrected chi connectivity index (χ0v) is 55.4. The fourth-order valence-corrected chi connectivity index (χ4v) is 10.5. The first-order valence-electron chi connectivity index (χ1n) is 30.0. The molecule has 84 heavy (non-hydrogen) atoms. The Morgan fingerprint density at radius 3 is 1.26 bits per heavy atom. The van der Waals surface area contributed by atoms with Gasteiger partial charge in [0.1, 0.15) is 60.4 Å². The van der Waals surface area contributed by atoms with Gasteiger partial charge < -0.3 is 60.7 Å². The van der Waals surface area contributed by atoms with E-state index in [1.165, 1.54) is 94.6 Å². The first kappa shape index (κ1) is 75.9. The topological polar surface area (TPSA) is 279 Å². The third-order valence-corrected chi connectivity index (χ3v) is 15.8. The van der Waals surface area contributed by atoms with Gasteiger partial charge in [0.05, 0.1) is 12.6 Å². The third kappa shape index (κ3) is 21.1. The van der Waals surface area contributed by atoms with Crippen molar-refractivity contribution in [2.45, 2.75) is 216 Å². The van der Waals surface area contributed by atoms with Gasteiger partial charge in [-0.1, -0.05) is 102 Å². The van der Waals surface area contributed by atoms with Crippen molar-refractivity contribution in [3.05, 3.63) is 12.2 Å². The maximum Gasteiger partial charge on any atom is 0.246 e. The maximum absolute atomic E-state index is 15.1. The highest BCUT2D eigenvalue weighted by molar-refractivity contribution is 5.99. The van der Waals surface area contributed by atoms with Crippen molar-refractivity contribution in [1.82, 2.24) is 55.6 Å². The van der Waals surface area contributed by atoms with Crippen LogP contribution in [-0.4, -0.2) is 227 Å². The lowest BCUT2D eigenvalue weighted by Crippen LogP contribution is -2.63. The van der Waals surface area contributed by atoms with Crippen molar-refractivity contribution < 1.29 is 57.8 Å². The maximum atomic E-state index is 15.1. The fourth-order valence-electron chi connectivity index (χ4n) is 10.5. The van der Waals surface area contributed by atoms with Crippen molar-refractivity contribution in [3.8, 4) is 0 Å². The summed E-state index contributed by atoms with van der Waals surface area (Å²) in [5, 5.41) is 22.9. The lowest BCUT2D eigenvalue weighted by atomic mass is 9.91. The van der Waals surface area contributed by atoms with Crippen LogP contribution in [0.15, 0.2) is 12.2 Å². The van der Waals surface area contributed by atoms with Crippen molar-refractivity contribution >= 4 is 65.0 Å². The molecule has 0 spiro atoms. The zero-order chi connectivity index (χ0) is 65.3. The summed E-state index contributed by atoms with van der Waals surface area (Å²) in [5.74, 6) is -9.78. The molecule has 0 bridgehead atoms. The predicted octanol–water partition coefficient (Wildman–Crippen LogP) is 2.88. The van der Waals surface area contributed by atoms with Crippen LogP contribution in [0.3, 0.4) is 0 Å². The van der Waals surface area contributed by atoms with Crippen molar-refractivity contribution in [3.63, 3.8) is 0 Å². The Hall–Kier alpha value is -6.13. The molecule has 5 N–H and O–H groups in total. The molecule has 0 aromatic heterocycles. The van der Waals surface area contributed by atoms with Gasteiger partial charge in [-0.25, -0.2) is 0 Å². The summed E-state index contributed by atoms with van der Waals surface area (Å²) in [6, 6.07) is -12.4. The van der Waals surface area contributed by atoms with E-state index in [0.717, 1.165) is 9.80 Å². The van der Waals surface area contributed by atoms with E-state index in [1.54, 1.807) is 53.7 Å². The van der Waals surface area contributed by atoms with E-state index >= 15 is 9.59 Å². The Balaban J connectivity index is 4.28. The first-order valence-corrected chi connectivity index (χ1v) is 30.0. The van der Waals surface area contributed by atoms with Gasteiger partial charge in [0.2, 0.25) is 65.0 Å². The summed E-state index contributed by atoms with van der Waals surface area (Å²) in [7, 11) is 9.87. The number of aliphatic hydroxyl groups is 1. The summed E-state index contributed by atoms with van der Waals surface area (Å²) in [6.45, 7) is 29.0. The molecule has 0 aliphatic carbocycles. The van der Waals surface area contributed by atoms with Gasteiger partial charge >= 0.3 is 0 Å². The lowest BCUT2D eigenvalue weighted by Gasteiger charge is -2.41. The quantitative estimate of drug-likeness (QED) is 0.157. The van der Waals surface area contributed by atoms with E-state index < -0.39 is 156 Å². The number of carbonyl (C=O) groups is 11. The van der Waals surface area contributed by atoms with Crippen LogP contribution in [0.4, 0.5) is 0 Å². The van der Waals surface area contributed by atoms with Gasteiger partial charge in [0.15, 0.2) is 0 Å². The molecule has 0 saturated carbocycles. The number of nitrogens with one attached hydrogen (secondary N) is 4. The minimum atomic E-state index is -1.61. The molecular weight excluding hydrogens is 1080 g/mol. The Labute approximate surface area is 502 Å². The number of rotatable bonds is 14. The molecule has 0 aromatic carbocycles. The number of aliphatic hydroxyl groups excluding tert-OH is 1. The molecule has 0 aromatic rings. The smallest absolute Gasteiger partial charge is 0.246 e. The predicted molar refractivity (Wildman–Crippen MR) is 324 cm³/mol. The minimum absolute atomic E-state index is 0.129. The zero-order valence-electron chi connectivity index (χ0n) is 55.4. The molecule has 12 atom stereocenters. The van der Waals surface area contributed by atoms with E-state index in [1.807, 2.05) is 55.4 Å². The molecule has 1 aliphatic heterocycles. The largest absolute Gasteiger partial charge is 0.390 e. The van der Waals surface area contributed by atoms with E-state index in [2.05, 4.69) is 21.3 Å². The highest BCUT2D eigenvalue weighted by atomic mass is 16.3. The van der Waals surface area contributed by atoms with Crippen LogP contribution in [0.1, 0.15) is 150 Å². The van der Waals surface area contributed by atoms with Crippen molar-refractivity contribution in [1.29, 1.82) is 0 Å². The Morgan fingerprint density at radius 1 is 0.429 bits per heavy atom. The molecule has 0 radical (unpaired) electrons. The average Bonchev–Trinajstić information content (AvgIpc) is 2.58. The number of allylic oxidation sites excluding steroid dienone is 2. The van der Waals surface area contributed by atoms with Gasteiger partial charge in [0, 0.05) is 49.3 Å². The van der Waals surface area contributed by atoms with Gasteiger partial charge in [-0.2, -0.15) is 0 Å². The van der Waals surface area contributed by atoms with Gasteiger partial charge in [0.25, 0.3) is 0 Å². The molecule has 23 nitrogen and oxygen atoms in total. The van der Waals surface area contributed by atoms with E-state index in [-0.39, 0.29) is 49.4 Å². The molecule has 1 rings (SSSR count). The number of carbonyl (C=O) groups excluding carboxylic acids is 11. The molecule has 480 valence electrons. The average molecular weight is 1190 g/mol. The van der Waals surface area contributed by atoms with E-state index in [0.29, 0.717) is 6.42 Å². The highest BCUT2D eigenvalue weighted by Crippen LogP contribution is 2.25.